The van der Waals surface area contributed by atoms with Crippen LogP contribution < -0.4 is 4.74 Å². The topological polar surface area (TPSA) is 46.5 Å². The molecule has 1 N–H and O–H groups in total. The van der Waals surface area contributed by atoms with Crippen LogP contribution >= 0.6 is 15.9 Å². The van der Waals surface area contributed by atoms with Gasteiger partial charge >= 0.3 is 12.6 Å². The summed E-state index contributed by atoms with van der Waals surface area (Å²) in [7, 11) is 0. The molecule has 0 unspecified atom stereocenters. The number of alkyl halides is 3. The lowest BCUT2D eigenvalue weighted by molar-refractivity contribution is -0.136. The second-order valence-corrected chi connectivity index (χ2v) is 4.47. The first kappa shape index (κ1) is 14.9. The van der Waals surface area contributed by atoms with Crippen molar-refractivity contribution in [2.75, 3.05) is 5.33 Å². The van der Waals surface area contributed by atoms with E-state index in [1.807, 2.05) is 0 Å². The number of aryl methyl sites for hydroxylation is 1. The summed E-state index contributed by atoms with van der Waals surface area (Å²) >= 11 is 3.29. The molecule has 1 aromatic rings. The Hall–Kier alpha value is -1.17. The summed E-state index contributed by atoms with van der Waals surface area (Å²) in [5, 5.41) is 9.59. The Labute approximate surface area is 112 Å². The van der Waals surface area contributed by atoms with Crippen LogP contribution in [0.2, 0.25) is 0 Å². The number of carbonyl (C=O) groups is 1. The molecule has 0 aromatic heterocycles. The van der Waals surface area contributed by atoms with Gasteiger partial charge in [0.05, 0.1) is 6.42 Å². The summed E-state index contributed by atoms with van der Waals surface area (Å²) in [6.07, 6.45) is 1.35. The molecule has 1 aromatic carbocycles. The fraction of sp³-hybridized carbons (Fsp3) is 0.417. The van der Waals surface area contributed by atoms with Crippen molar-refractivity contribution in [1.82, 2.24) is 0 Å². The van der Waals surface area contributed by atoms with E-state index in [1.165, 1.54) is 12.1 Å². The molecule has 0 aliphatic carbocycles. The molecular formula is C12H13BrF2O3. The molecular weight excluding hydrogens is 310 g/mol. The van der Waals surface area contributed by atoms with Gasteiger partial charge in [0.15, 0.2) is 0 Å². The van der Waals surface area contributed by atoms with Crippen molar-refractivity contribution in [2.24, 2.45) is 0 Å². The van der Waals surface area contributed by atoms with E-state index in [1.54, 1.807) is 6.07 Å². The minimum atomic E-state index is -2.91. The van der Waals surface area contributed by atoms with Crippen molar-refractivity contribution in [3.8, 4) is 5.75 Å². The van der Waals surface area contributed by atoms with Gasteiger partial charge in [-0.3, -0.25) is 4.79 Å². The van der Waals surface area contributed by atoms with Crippen LogP contribution in [0.5, 0.6) is 5.75 Å². The van der Waals surface area contributed by atoms with E-state index in [0.717, 1.165) is 17.3 Å². The molecule has 1 rings (SSSR count). The first-order chi connectivity index (χ1) is 8.52. The first-order valence-electron chi connectivity index (χ1n) is 5.37. The van der Waals surface area contributed by atoms with E-state index in [2.05, 4.69) is 20.7 Å². The maximum absolute atomic E-state index is 12.1. The van der Waals surface area contributed by atoms with Crippen LogP contribution in [0.3, 0.4) is 0 Å². The van der Waals surface area contributed by atoms with E-state index in [0.29, 0.717) is 12.0 Å². The van der Waals surface area contributed by atoms with Crippen LogP contribution in [0.25, 0.3) is 0 Å². The third-order valence-electron chi connectivity index (χ3n) is 2.32. The van der Waals surface area contributed by atoms with Crippen LogP contribution in [-0.4, -0.2) is 23.0 Å². The minimum Gasteiger partial charge on any atom is -0.481 e. The van der Waals surface area contributed by atoms with Crippen LogP contribution in [0.15, 0.2) is 18.2 Å². The molecule has 0 aliphatic rings. The van der Waals surface area contributed by atoms with Gasteiger partial charge in [0.2, 0.25) is 0 Å². The van der Waals surface area contributed by atoms with Gasteiger partial charge in [-0.05, 0) is 36.1 Å². The molecule has 3 nitrogen and oxygen atoms in total. The third-order valence-corrected chi connectivity index (χ3v) is 2.89. The Kier molecular flexibility index (Phi) is 6.04. The number of benzene rings is 1. The smallest absolute Gasteiger partial charge is 0.387 e. The molecule has 0 radical (unpaired) electrons. The predicted molar refractivity (Wildman–Crippen MR) is 66.5 cm³/mol. The largest absolute Gasteiger partial charge is 0.481 e. The zero-order valence-corrected chi connectivity index (χ0v) is 11.1. The van der Waals surface area contributed by atoms with Crippen molar-refractivity contribution in [2.45, 2.75) is 25.9 Å². The normalized spacial score (nSPS) is 10.7. The fourth-order valence-electron chi connectivity index (χ4n) is 1.61. The molecule has 0 spiro atoms. The Morgan fingerprint density at radius 2 is 2.11 bits per heavy atom. The van der Waals surface area contributed by atoms with Gasteiger partial charge in [-0.15, -0.1) is 0 Å². The highest BCUT2D eigenvalue weighted by molar-refractivity contribution is 9.09. The van der Waals surface area contributed by atoms with Crippen LogP contribution in [-0.2, 0) is 17.6 Å². The van der Waals surface area contributed by atoms with Gasteiger partial charge in [0, 0.05) is 5.33 Å². The standard InChI is InChI=1S/C12H13BrF2O3/c13-5-1-2-8-3-4-10(18-12(14)15)6-9(8)7-11(16)17/h3-4,6,12H,1-2,5,7H2,(H,16,17). The van der Waals surface area contributed by atoms with E-state index in [4.69, 9.17) is 5.11 Å². The highest BCUT2D eigenvalue weighted by atomic mass is 79.9. The Bertz CT molecular complexity index is 410. The van der Waals surface area contributed by atoms with Gasteiger partial charge in [-0.2, -0.15) is 8.78 Å². The Morgan fingerprint density at radius 1 is 1.39 bits per heavy atom. The van der Waals surface area contributed by atoms with Gasteiger partial charge in [0.1, 0.15) is 5.75 Å². The molecule has 0 atom stereocenters. The van der Waals surface area contributed by atoms with Crippen LogP contribution in [0.1, 0.15) is 17.5 Å². The van der Waals surface area contributed by atoms with E-state index < -0.39 is 12.6 Å². The lowest BCUT2D eigenvalue weighted by atomic mass is 10.0. The number of hydrogen-bond acceptors (Lipinski definition) is 2. The third kappa shape index (κ3) is 5.00. The predicted octanol–water partition coefficient (Wildman–Crippen LogP) is 3.24. The number of halogens is 3. The highest BCUT2D eigenvalue weighted by Gasteiger charge is 2.11. The average Bonchev–Trinajstić information content (AvgIpc) is 2.26. The molecule has 100 valence electrons. The number of rotatable bonds is 7. The molecule has 0 bridgehead atoms. The molecule has 0 aliphatic heterocycles. The summed E-state index contributed by atoms with van der Waals surface area (Å²) in [6, 6.07) is 4.43. The molecule has 0 fully saturated rings. The maximum atomic E-state index is 12.1. The lowest BCUT2D eigenvalue weighted by Gasteiger charge is -2.10. The number of carboxylic acids is 1. The van der Waals surface area contributed by atoms with Crippen molar-refractivity contribution in [1.29, 1.82) is 0 Å². The number of ether oxygens (including phenoxy) is 1. The summed E-state index contributed by atoms with van der Waals surface area (Å²) in [4.78, 5) is 10.7. The van der Waals surface area contributed by atoms with Gasteiger partial charge in [-0.1, -0.05) is 22.0 Å². The minimum absolute atomic E-state index is 0.0103. The van der Waals surface area contributed by atoms with Crippen molar-refractivity contribution in [3.05, 3.63) is 29.3 Å². The average molecular weight is 323 g/mol. The second-order valence-electron chi connectivity index (χ2n) is 3.67. The molecule has 0 heterocycles. The molecule has 18 heavy (non-hydrogen) atoms. The summed E-state index contributed by atoms with van der Waals surface area (Å²) in [5.74, 6) is -1.01. The molecule has 0 amide bonds. The SMILES string of the molecule is O=C(O)Cc1cc(OC(F)F)ccc1CCCBr. The van der Waals surface area contributed by atoms with Gasteiger partial charge in [0.25, 0.3) is 0 Å². The lowest BCUT2D eigenvalue weighted by Crippen LogP contribution is -2.07. The monoisotopic (exact) mass is 322 g/mol. The summed E-state index contributed by atoms with van der Waals surface area (Å²) < 4.78 is 28.4. The second kappa shape index (κ2) is 7.31. The number of carboxylic acid groups (broad SMARTS) is 1. The summed E-state index contributed by atoms with van der Waals surface area (Å²) in [5.41, 5.74) is 1.36. The highest BCUT2D eigenvalue weighted by Crippen LogP contribution is 2.21. The van der Waals surface area contributed by atoms with Crippen molar-refractivity contribution >= 4 is 21.9 Å². The van der Waals surface area contributed by atoms with E-state index in [-0.39, 0.29) is 12.2 Å². The first-order valence-corrected chi connectivity index (χ1v) is 6.49. The molecule has 0 saturated heterocycles. The van der Waals surface area contributed by atoms with Gasteiger partial charge in [-0.25, -0.2) is 0 Å². The zero-order valence-electron chi connectivity index (χ0n) is 9.54. The summed E-state index contributed by atoms with van der Waals surface area (Å²) in [6.45, 7) is -2.91. The quantitative estimate of drug-likeness (QED) is 0.784. The number of aliphatic carboxylic acids is 1. The Balaban J connectivity index is 2.92. The van der Waals surface area contributed by atoms with Crippen molar-refractivity contribution in [3.63, 3.8) is 0 Å². The van der Waals surface area contributed by atoms with Crippen molar-refractivity contribution < 1.29 is 23.4 Å². The zero-order chi connectivity index (χ0) is 13.5. The molecule has 0 saturated carbocycles. The van der Waals surface area contributed by atoms with E-state index >= 15 is 0 Å². The van der Waals surface area contributed by atoms with E-state index in [9.17, 15) is 13.6 Å². The van der Waals surface area contributed by atoms with Gasteiger partial charge < -0.3 is 9.84 Å². The van der Waals surface area contributed by atoms with Crippen LogP contribution in [0.4, 0.5) is 8.78 Å². The van der Waals surface area contributed by atoms with Crippen LogP contribution in [0, 0.1) is 0 Å². The fourth-order valence-corrected chi connectivity index (χ4v) is 1.89. The maximum Gasteiger partial charge on any atom is 0.387 e. The molecule has 6 heteroatoms. The Morgan fingerprint density at radius 3 is 2.67 bits per heavy atom. The number of hydrogen-bond donors (Lipinski definition) is 1.